The van der Waals surface area contributed by atoms with Crippen LogP contribution in [0.2, 0.25) is 5.02 Å². The monoisotopic (exact) mass is 419 g/mol. The number of carbonyl (C=O) groups excluding carboxylic acids is 1. The van der Waals surface area contributed by atoms with Crippen LogP contribution < -0.4 is 24.6 Å². The van der Waals surface area contributed by atoms with Gasteiger partial charge in [0.1, 0.15) is 50.8 Å². The van der Waals surface area contributed by atoms with Gasteiger partial charge in [-0.1, -0.05) is 11.6 Å². The Morgan fingerprint density at radius 3 is 2.28 bits per heavy atom. The molecule has 6 nitrogen and oxygen atoms in total. The number of methoxy groups -OCH3 is 1. The second-order valence-electron chi connectivity index (χ2n) is 7.40. The average molecular weight is 420 g/mol. The summed E-state index contributed by atoms with van der Waals surface area (Å²) in [5.74, 6) is 1.74. The van der Waals surface area contributed by atoms with Crippen LogP contribution in [0.15, 0.2) is 48.5 Å². The fourth-order valence-corrected chi connectivity index (χ4v) is 3.69. The SMILES string of the molecule is COc1ccc(OCC[NH+]2CC[NH+]([C@@H](C)C(=O)Nc3ccc(Cl)cc3)CC2)cc1. The Morgan fingerprint density at radius 2 is 1.66 bits per heavy atom. The Balaban J connectivity index is 1.37. The standard InChI is InChI=1S/C22H28ClN3O3/c1-17(22(27)24-19-5-3-18(23)4-6-19)26-13-11-25(12-14-26)15-16-29-21-9-7-20(28-2)8-10-21/h3-10,17H,11-16H2,1-2H3,(H,24,27)/p+2/t17-/m0/s1. The first kappa shape index (κ1) is 21.4. The largest absolute Gasteiger partial charge is 0.497 e. The zero-order chi connectivity index (χ0) is 20.6. The smallest absolute Gasteiger partial charge is 0.282 e. The van der Waals surface area contributed by atoms with Gasteiger partial charge in [-0.05, 0) is 55.5 Å². The molecule has 7 heteroatoms. The summed E-state index contributed by atoms with van der Waals surface area (Å²) in [6.07, 6.45) is 0. The number of ether oxygens (including phenoxy) is 2. The van der Waals surface area contributed by atoms with Crippen molar-refractivity contribution in [2.75, 3.05) is 51.8 Å². The highest BCUT2D eigenvalue weighted by atomic mass is 35.5. The van der Waals surface area contributed by atoms with Gasteiger partial charge < -0.3 is 24.6 Å². The number of hydrogen-bond donors (Lipinski definition) is 3. The maximum atomic E-state index is 12.6. The number of carbonyl (C=O) groups is 1. The Labute approximate surface area is 177 Å². The third-order valence-corrected chi connectivity index (χ3v) is 5.75. The summed E-state index contributed by atoms with van der Waals surface area (Å²) >= 11 is 5.90. The van der Waals surface area contributed by atoms with Crippen molar-refractivity contribution in [1.82, 2.24) is 0 Å². The molecule has 2 aromatic carbocycles. The molecular weight excluding hydrogens is 390 g/mol. The Bertz CT molecular complexity index is 775. The summed E-state index contributed by atoms with van der Waals surface area (Å²) in [4.78, 5) is 15.4. The van der Waals surface area contributed by atoms with E-state index in [1.54, 1.807) is 19.2 Å². The number of quaternary nitrogens is 2. The van der Waals surface area contributed by atoms with Gasteiger partial charge in [0.05, 0.1) is 7.11 Å². The first-order chi connectivity index (χ1) is 14.0. The molecule has 1 aliphatic rings. The van der Waals surface area contributed by atoms with E-state index in [0.717, 1.165) is 49.9 Å². The molecule has 2 aromatic rings. The lowest BCUT2D eigenvalue weighted by atomic mass is 10.2. The highest BCUT2D eigenvalue weighted by molar-refractivity contribution is 6.30. The van der Waals surface area contributed by atoms with Gasteiger partial charge in [0.25, 0.3) is 5.91 Å². The molecule has 1 heterocycles. The van der Waals surface area contributed by atoms with Crippen molar-refractivity contribution in [2.24, 2.45) is 0 Å². The van der Waals surface area contributed by atoms with Crippen molar-refractivity contribution in [2.45, 2.75) is 13.0 Å². The molecule has 3 rings (SSSR count). The van der Waals surface area contributed by atoms with Crippen LogP contribution >= 0.6 is 11.6 Å². The number of benzene rings is 2. The molecule has 0 spiro atoms. The number of hydrogen-bond acceptors (Lipinski definition) is 3. The summed E-state index contributed by atoms with van der Waals surface area (Å²) in [5.41, 5.74) is 0.783. The van der Waals surface area contributed by atoms with E-state index in [1.807, 2.05) is 43.3 Å². The van der Waals surface area contributed by atoms with Gasteiger partial charge in [-0.2, -0.15) is 0 Å². The van der Waals surface area contributed by atoms with Crippen LogP contribution in [-0.2, 0) is 4.79 Å². The summed E-state index contributed by atoms with van der Waals surface area (Å²) < 4.78 is 11.0. The highest BCUT2D eigenvalue weighted by Crippen LogP contribution is 2.16. The molecule has 0 aliphatic carbocycles. The molecule has 1 saturated heterocycles. The summed E-state index contributed by atoms with van der Waals surface area (Å²) in [5, 5.41) is 3.65. The molecule has 29 heavy (non-hydrogen) atoms. The summed E-state index contributed by atoms with van der Waals surface area (Å²) in [6.45, 7) is 7.69. The van der Waals surface area contributed by atoms with Crippen LogP contribution in [-0.4, -0.2) is 58.4 Å². The van der Waals surface area contributed by atoms with Crippen LogP contribution in [0.1, 0.15) is 6.92 Å². The Morgan fingerprint density at radius 1 is 1.03 bits per heavy atom. The maximum absolute atomic E-state index is 12.6. The molecule has 0 aromatic heterocycles. The van der Waals surface area contributed by atoms with E-state index in [-0.39, 0.29) is 11.9 Å². The summed E-state index contributed by atoms with van der Waals surface area (Å²) in [6, 6.07) is 14.8. The van der Waals surface area contributed by atoms with Gasteiger partial charge in [0.2, 0.25) is 0 Å². The Kier molecular flexibility index (Phi) is 7.75. The number of amides is 1. The van der Waals surface area contributed by atoms with Gasteiger partial charge >= 0.3 is 0 Å². The van der Waals surface area contributed by atoms with Crippen LogP contribution in [0, 0.1) is 0 Å². The first-order valence-electron chi connectivity index (χ1n) is 10.1. The maximum Gasteiger partial charge on any atom is 0.282 e. The van der Waals surface area contributed by atoms with E-state index in [2.05, 4.69) is 5.32 Å². The van der Waals surface area contributed by atoms with E-state index < -0.39 is 0 Å². The second kappa shape index (κ2) is 10.5. The number of anilines is 1. The molecular formula is C22H30ClN3O3+2. The highest BCUT2D eigenvalue weighted by Gasteiger charge is 2.30. The van der Waals surface area contributed by atoms with Crippen molar-refractivity contribution < 1.29 is 24.1 Å². The quantitative estimate of drug-likeness (QED) is 0.585. The number of halogens is 1. The molecule has 0 saturated carbocycles. The van der Waals surface area contributed by atoms with Crippen LogP contribution in [0.25, 0.3) is 0 Å². The zero-order valence-electron chi connectivity index (χ0n) is 17.0. The fraction of sp³-hybridized carbons (Fsp3) is 0.409. The van der Waals surface area contributed by atoms with Crippen molar-refractivity contribution in [3.63, 3.8) is 0 Å². The first-order valence-corrected chi connectivity index (χ1v) is 10.4. The van der Waals surface area contributed by atoms with Crippen molar-refractivity contribution in [1.29, 1.82) is 0 Å². The van der Waals surface area contributed by atoms with Crippen LogP contribution in [0.3, 0.4) is 0 Å². The molecule has 3 N–H and O–H groups in total. The minimum absolute atomic E-state index is 0.0496. The minimum atomic E-state index is -0.0808. The van der Waals surface area contributed by atoms with Crippen LogP contribution in [0.4, 0.5) is 5.69 Å². The van der Waals surface area contributed by atoms with Gasteiger partial charge in [-0.15, -0.1) is 0 Å². The number of nitrogens with one attached hydrogen (secondary N) is 3. The van der Waals surface area contributed by atoms with Gasteiger partial charge in [-0.3, -0.25) is 4.79 Å². The lowest BCUT2D eigenvalue weighted by Crippen LogP contribution is -3.30. The van der Waals surface area contributed by atoms with Crippen LogP contribution in [0.5, 0.6) is 11.5 Å². The molecule has 0 radical (unpaired) electrons. The average Bonchev–Trinajstić information content (AvgIpc) is 2.76. The predicted octanol–water partition coefficient (Wildman–Crippen LogP) is 0.538. The van der Waals surface area contributed by atoms with Crippen molar-refractivity contribution in [3.8, 4) is 11.5 Å². The van der Waals surface area contributed by atoms with E-state index in [0.29, 0.717) is 11.6 Å². The van der Waals surface area contributed by atoms with E-state index in [9.17, 15) is 4.79 Å². The van der Waals surface area contributed by atoms with Gasteiger partial charge in [0, 0.05) is 10.7 Å². The molecule has 1 atom stereocenters. The molecule has 1 aliphatic heterocycles. The number of rotatable bonds is 8. The minimum Gasteiger partial charge on any atom is -0.497 e. The lowest BCUT2D eigenvalue weighted by Gasteiger charge is -2.32. The molecule has 0 bridgehead atoms. The lowest BCUT2D eigenvalue weighted by molar-refractivity contribution is -1.02. The summed E-state index contributed by atoms with van der Waals surface area (Å²) in [7, 11) is 1.66. The van der Waals surface area contributed by atoms with E-state index in [4.69, 9.17) is 21.1 Å². The molecule has 1 amide bonds. The molecule has 0 unspecified atom stereocenters. The normalized spacial score (nSPS) is 20.0. The third-order valence-electron chi connectivity index (χ3n) is 5.50. The zero-order valence-corrected chi connectivity index (χ0v) is 17.8. The molecule has 1 fully saturated rings. The van der Waals surface area contributed by atoms with Gasteiger partial charge in [-0.25, -0.2) is 0 Å². The fourth-order valence-electron chi connectivity index (χ4n) is 3.56. The predicted molar refractivity (Wildman–Crippen MR) is 114 cm³/mol. The van der Waals surface area contributed by atoms with Gasteiger partial charge in [0.15, 0.2) is 6.04 Å². The van der Waals surface area contributed by atoms with E-state index in [1.165, 1.54) is 9.80 Å². The molecule has 156 valence electrons. The second-order valence-corrected chi connectivity index (χ2v) is 7.84. The van der Waals surface area contributed by atoms with Crippen molar-refractivity contribution in [3.05, 3.63) is 53.6 Å². The Hall–Kier alpha value is -2.28. The van der Waals surface area contributed by atoms with E-state index >= 15 is 0 Å². The number of piperazine rings is 1. The third kappa shape index (κ3) is 6.35. The van der Waals surface area contributed by atoms with Crippen molar-refractivity contribution >= 4 is 23.2 Å². The topological polar surface area (TPSA) is 56.4 Å².